The number of aromatic nitrogens is 2. The quantitative estimate of drug-likeness (QED) is 0.628. The van der Waals surface area contributed by atoms with Crippen molar-refractivity contribution >= 4 is 21.8 Å². The van der Waals surface area contributed by atoms with Crippen LogP contribution >= 0.6 is 0 Å². The highest BCUT2D eigenvalue weighted by Crippen LogP contribution is 2.20. The lowest BCUT2D eigenvalue weighted by molar-refractivity contribution is 0.598. The minimum absolute atomic E-state index is 0.125. The largest absolute Gasteiger partial charge is 0.367 e. The summed E-state index contributed by atoms with van der Waals surface area (Å²) in [6.45, 7) is 0.654. The van der Waals surface area contributed by atoms with E-state index in [0.717, 1.165) is 17.8 Å². The van der Waals surface area contributed by atoms with Gasteiger partial charge in [-0.1, -0.05) is 37.8 Å². The summed E-state index contributed by atoms with van der Waals surface area (Å²) in [5.41, 5.74) is 1.02. The summed E-state index contributed by atoms with van der Waals surface area (Å²) in [5.74, 6) is 1.45. The molecule has 1 saturated carbocycles. The zero-order chi connectivity index (χ0) is 19.1. The Kier molecular flexibility index (Phi) is 6.63. The maximum absolute atomic E-state index is 11.3. The monoisotopic (exact) mass is 389 g/mol. The first-order chi connectivity index (χ1) is 13.0. The van der Waals surface area contributed by atoms with Crippen molar-refractivity contribution < 1.29 is 8.42 Å². The molecule has 8 heteroatoms. The molecule has 7 nitrogen and oxygen atoms in total. The molecule has 1 heterocycles. The summed E-state index contributed by atoms with van der Waals surface area (Å²) in [5, 5.41) is 11.9. The molecule has 0 unspecified atom stereocenters. The summed E-state index contributed by atoms with van der Waals surface area (Å²) >= 11 is 0. The standard InChI is InChI=1S/C19H27N5O2S/c20-27(25,26)17-9-7-15(8-10-17)11-13-21-19-22-14-12-18(24-19)23-16-5-3-1-2-4-6-16/h7-10,12,14,16H,1-6,11,13H2,(H2,20,25,26)(H2,21,22,23,24). The van der Waals surface area contributed by atoms with Crippen LogP contribution in [0.5, 0.6) is 0 Å². The summed E-state index contributed by atoms with van der Waals surface area (Å²) in [4.78, 5) is 8.94. The number of rotatable bonds is 7. The molecule has 1 aliphatic carbocycles. The van der Waals surface area contributed by atoms with Crippen LogP contribution in [0.1, 0.15) is 44.1 Å². The number of sulfonamides is 1. The number of nitrogens with one attached hydrogen (secondary N) is 2. The molecule has 0 bridgehead atoms. The Bertz CT molecular complexity index is 831. The van der Waals surface area contributed by atoms with Crippen LogP contribution < -0.4 is 15.8 Å². The predicted octanol–water partition coefficient (Wildman–Crippen LogP) is 2.91. The van der Waals surface area contributed by atoms with Crippen LogP contribution in [0.3, 0.4) is 0 Å². The van der Waals surface area contributed by atoms with Gasteiger partial charge in [-0.05, 0) is 43.0 Å². The van der Waals surface area contributed by atoms with E-state index in [1.807, 2.05) is 6.07 Å². The highest BCUT2D eigenvalue weighted by atomic mass is 32.2. The van der Waals surface area contributed by atoms with Crippen molar-refractivity contribution in [3.05, 3.63) is 42.1 Å². The van der Waals surface area contributed by atoms with Gasteiger partial charge in [0.1, 0.15) is 5.82 Å². The molecule has 1 aromatic heterocycles. The van der Waals surface area contributed by atoms with Crippen molar-refractivity contribution in [2.45, 2.75) is 55.9 Å². The first-order valence-electron chi connectivity index (χ1n) is 9.46. The minimum Gasteiger partial charge on any atom is -0.367 e. The van der Waals surface area contributed by atoms with E-state index in [1.54, 1.807) is 18.3 Å². The van der Waals surface area contributed by atoms with Gasteiger partial charge in [0.05, 0.1) is 4.90 Å². The van der Waals surface area contributed by atoms with Crippen LogP contribution in [0.15, 0.2) is 41.4 Å². The van der Waals surface area contributed by atoms with Crippen LogP contribution in [-0.4, -0.2) is 31.0 Å². The van der Waals surface area contributed by atoms with Crippen molar-refractivity contribution in [1.29, 1.82) is 0 Å². The summed E-state index contributed by atoms with van der Waals surface area (Å²) in [7, 11) is -3.65. The van der Waals surface area contributed by atoms with Gasteiger partial charge in [-0.3, -0.25) is 0 Å². The number of nitrogens with zero attached hydrogens (tertiary/aromatic N) is 2. The van der Waals surface area contributed by atoms with Crippen molar-refractivity contribution in [1.82, 2.24) is 9.97 Å². The molecule has 1 aromatic carbocycles. The van der Waals surface area contributed by atoms with E-state index in [-0.39, 0.29) is 4.90 Å². The summed E-state index contributed by atoms with van der Waals surface area (Å²) < 4.78 is 22.6. The fraction of sp³-hybridized carbons (Fsp3) is 0.474. The third-order valence-electron chi connectivity index (χ3n) is 4.81. The first kappa shape index (κ1) is 19.6. The zero-order valence-electron chi connectivity index (χ0n) is 15.4. The third kappa shape index (κ3) is 6.18. The lowest BCUT2D eigenvalue weighted by Gasteiger charge is -2.17. The minimum atomic E-state index is -3.65. The van der Waals surface area contributed by atoms with Gasteiger partial charge in [-0.2, -0.15) is 4.98 Å². The van der Waals surface area contributed by atoms with Gasteiger partial charge in [0.2, 0.25) is 16.0 Å². The average molecular weight is 390 g/mol. The van der Waals surface area contributed by atoms with Crippen LogP contribution in [0.25, 0.3) is 0 Å². The summed E-state index contributed by atoms with van der Waals surface area (Å²) in [6, 6.07) is 8.99. The van der Waals surface area contributed by atoms with E-state index in [9.17, 15) is 8.42 Å². The van der Waals surface area contributed by atoms with E-state index in [0.29, 0.717) is 18.5 Å². The number of hydrogen-bond donors (Lipinski definition) is 3. The number of nitrogens with two attached hydrogens (primary N) is 1. The van der Waals surface area contributed by atoms with Crippen molar-refractivity contribution in [2.75, 3.05) is 17.2 Å². The Balaban J connectivity index is 1.51. The van der Waals surface area contributed by atoms with Crippen LogP contribution in [-0.2, 0) is 16.4 Å². The fourth-order valence-electron chi connectivity index (χ4n) is 3.32. The second-order valence-corrected chi connectivity index (χ2v) is 8.53. The molecule has 4 N–H and O–H groups in total. The van der Waals surface area contributed by atoms with Gasteiger partial charge in [-0.25, -0.2) is 18.5 Å². The van der Waals surface area contributed by atoms with Gasteiger partial charge >= 0.3 is 0 Å². The molecule has 2 aromatic rings. The van der Waals surface area contributed by atoms with Crippen LogP contribution in [0.2, 0.25) is 0 Å². The van der Waals surface area contributed by atoms with Gasteiger partial charge in [-0.15, -0.1) is 0 Å². The Labute approximate surface area is 160 Å². The predicted molar refractivity (Wildman–Crippen MR) is 107 cm³/mol. The molecule has 1 fully saturated rings. The Morgan fingerprint density at radius 3 is 2.41 bits per heavy atom. The molecule has 1 aliphatic rings. The van der Waals surface area contributed by atoms with E-state index in [2.05, 4.69) is 20.6 Å². The lowest BCUT2D eigenvalue weighted by atomic mass is 10.1. The molecule has 0 saturated heterocycles. The van der Waals surface area contributed by atoms with E-state index in [1.165, 1.54) is 50.7 Å². The molecule has 0 amide bonds. The topological polar surface area (TPSA) is 110 Å². The lowest BCUT2D eigenvalue weighted by Crippen LogP contribution is -2.19. The van der Waals surface area contributed by atoms with Gasteiger partial charge in [0.25, 0.3) is 0 Å². The van der Waals surface area contributed by atoms with E-state index >= 15 is 0 Å². The van der Waals surface area contributed by atoms with Gasteiger partial charge < -0.3 is 10.6 Å². The molecular formula is C19H27N5O2S. The zero-order valence-corrected chi connectivity index (χ0v) is 16.2. The Morgan fingerprint density at radius 2 is 1.74 bits per heavy atom. The second-order valence-electron chi connectivity index (χ2n) is 6.96. The van der Waals surface area contributed by atoms with Crippen molar-refractivity contribution in [3.63, 3.8) is 0 Å². The molecule has 0 radical (unpaired) electrons. The van der Waals surface area contributed by atoms with Crippen molar-refractivity contribution in [2.24, 2.45) is 5.14 Å². The second kappa shape index (κ2) is 9.14. The smallest absolute Gasteiger partial charge is 0.238 e. The van der Waals surface area contributed by atoms with E-state index < -0.39 is 10.0 Å². The Morgan fingerprint density at radius 1 is 1.04 bits per heavy atom. The molecular weight excluding hydrogens is 362 g/mol. The normalized spacial score (nSPS) is 15.9. The third-order valence-corrected chi connectivity index (χ3v) is 5.74. The maximum Gasteiger partial charge on any atom is 0.238 e. The molecule has 0 atom stereocenters. The highest BCUT2D eigenvalue weighted by molar-refractivity contribution is 7.89. The molecule has 3 rings (SSSR count). The maximum atomic E-state index is 11.3. The fourth-order valence-corrected chi connectivity index (χ4v) is 3.84. The Hall–Kier alpha value is -2.19. The van der Waals surface area contributed by atoms with Gasteiger partial charge in [0.15, 0.2) is 0 Å². The summed E-state index contributed by atoms with van der Waals surface area (Å²) in [6.07, 6.45) is 10.1. The van der Waals surface area contributed by atoms with Crippen LogP contribution in [0.4, 0.5) is 11.8 Å². The SMILES string of the molecule is NS(=O)(=O)c1ccc(CCNc2nccc(NC3CCCCCC3)n2)cc1. The number of hydrogen-bond acceptors (Lipinski definition) is 6. The number of benzene rings is 1. The van der Waals surface area contributed by atoms with Crippen LogP contribution in [0, 0.1) is 0 Å². The van der Waals surface area contributed by atoms with Gasteiger partial charge in [0, 0.05) is 18.8 Å². The molecule has 27 heavy (non-hydrogen) atoms. The van der Waals surface area contributed by atoms with Crippen molar-refractivity contribution in [3.8, 4) is 0 Å². The molecule has 0 spiro atoms. The number of primary sulfonamides is 1. The van der Waals surface area contributed by atoms with E-state index in [4.69, 9.17) is 5.14 Å². The first-order valence-corrected chi connectivity index (χ1v) is 11.0. The highest BCUT2D eigenvalue weighted by Gasteiger charge is 2.12. The average Bonchev–Trinajstić information content (AvgIpc) is 2.90. The number of anilines is 2. The molecule has 0 aliphatic heterocycles. The molecule has 146 valence electrons.